The molecule has 6 heteroatoms. The van der Waals surface area contributed by atoms with Gasteiger partial charge in [-0.15, -0.1) is 0 Å². The summed E-state index contributed by atoms with van der Waals surface area (Å²) >= 11 is 0. The van der Waals surface area contributed by atoms with Crippen LogP contribution in [0.4, 0.5) is 0 Å². The fraction of sp³-hybridized carbons (Fsp3) is 0.375. The van der Waals surface area contributed by atoms with Crippen molar-refractivity contribution in [1.82, 2.24) is 5.32 Å². The SMILES string of the molecule is Cc1ccc(C)c(OCc2ccc(CCC(=O)O)c(C(=O)NC3(CCc4ccccc4)CCOCC3)c2)c1. The van der Waals surface area contributed by atoms with Gasteiger partial charge in [-0.25, -0.2) is 0 Å². The lowest BCUT2D eigenvalue weighted by Crippen LogP contribution is -2.52. The molecule has 0 aromatic heterocycles. The van der Waals surface area contributed by atoms with E-state index in [1.807, 2.05) is 68.4 Å². The number of nitrogens with one attached hydrogen (secondary N) is 1. The molecule has 3 aromatic rings. The molecule has 0 bridgehead atoms. The normalized spacial score (nSPS) is 14.6. The molecule has 1 amide bonds. The lowest BCUT2D eigenvalue weighted by molar-refractivity contribution is -0.136. The standard InChI is InChI=1S/C32H37NO5/c1-23-8-9-24(2)29(20-23)38-22-26-10-11-27(12-13-30(34)35)28(21-26)31(36)33-32(16-18-37-19-17-32)15-14-25-6-4-3-5-7-25/h3-11,20-21H,12-19,22H2,1-2H3,(H,33,36)(H,34,35). The van der Waals surface area contributed by atoms with Gasteiger partial charge in [0.25, 0.3) is 5.91 Å². The van der Waals surface area contributed by atoms with Gasteiger partial charge >= 0.3 is 5.97 Å². The highest BCUT2D eigenvalue weighted by molar-refractivity contribution is 5.96. The van der Waals surface area contributed by atoms with Gasteiger partial charge in [0.1, 0.15) is 12.4 Å². The predicted molar refractivity (Wildman–Crippen MR) is 148 cm³/mol. The molecule has 2 N–H and O–H groups in total. The zero-order chi connectivity index (χ0) is 27.0. The van der Waals surface area contributed by atoms with E-state index in [0.29, 0.717) is 25.4 Å². The van der Waals surface area contributed by atoms with E-state index in [-0.39, 0.29) is 24.3 Å². The quantitative estimate of drug-likeness (QED) is 0.337. The number of rotatable bonds is 11. The van der Waals surface area contributed by atoms with Crippen LogP contribution >= 0.6 is 0 Å². The Kier molecular flexibility index (Phi) is 9.19. The third-order valence-electron chi connectivity index (χ3n) is 7.33. The van der Waals surface area contributed by atoms with E-state index in [1.54, 1.807) is 0 Å². The summed E-state index contributed by atoms with van der Waals surface area (Å²) in [6, 6.07) is 22.0. The minimum absolute atomic E-state index is 0.0361. The molecule has 3 aromatic carbocycles. The Morgan fingerprint density at radius 3 is 2.45 bits per heavy atom. The topological polar surface area (TPSA) is 84.9 Å². The summed E-state index contributed by atoms with van der Waals surface area (Å²) in [4.78, 5) is 25.1. The maximum atomic E-state index is 13.8. The second kappa shape index (κ2) is 12.7. The number of carbonyl (C=O) groups excluding carboxylic acids is 1. The molecule has 6 nitrogen and oxygen atoms in total. The molecule has 1 heterocycles. The number of hydrogen-bond acceptors (Lipinski definition) is 4. The third kappa shape index (κ3) is 7.45. The molecule has 0 atom stereocenters. The Balaban J connectivity index is 1.55. The minimum atomic E-state index is -0.887. The minimum Gasteiger partial charge on any atom is -0.489 e. The van der Waals surface area contributed by atoms with Crippen molar-refractivity contribution in [3.8, 4) is 5.75 Å². The lowest BCUT2D eigenvalue weighted by atomic mass is 9.83. The van der Waals surface area contributed by atoms with Gasteiger partial charge in [0, 0.05) is 30.7 Å². The summed E-state index contributed by atoms with van der Waals surface area (Å²) in [5.41, 5.74) is 5.13. The molecule has 0 unspecified atom stereocenters. The number of carboxylic acids is 1. The number of aryl methyl sites for hydroxylation is 4. The zero-order valence-corrected chi connectivity index (χ0v) is 22.3. The number of aliphatic carboxylic acids is 1. The van der Waals surface area contributed by atoms with Crippen molar-refractivity contribution < 1.29 is 24.2 Å². The monoisotopic (exact) mass is 515 g/mol. The maximum absolute atomic E-state index is 13.8. The molecule has 200 valence electrons. The van der Waals surface area contributed by atoms with Crippen LogP contribution in [0.5, 0.6) is 5.75 Å². The zero-order valence-electron chi connectivity index (χ0n) is 22.3. The van der Waals surface area contributed by atoms with Crippen molar-refractivity contribution in [3.63, 3.8) is 0 Å². The third-order valence-corrected chi connectivity index (χ3v) is 7.33. The average Bonchev–Trinajstić information content (AvgIpc) is 2.92. The van der Waals surface area contributed by atoms with Gasteiger partial charge in [-0.2, -0.15) is 0 Å². The fourth-order valence-electron chi connectivity index (χ4n) is 4.94. The summed E-state index contributed by atoms with van der Waals surface area (Å²) < 4.78 is 11.7. The van der Waals surface area contributed by atoms with Gasteiger partial charge in [-0.1, -0.05) is 54.6 Å². The maximum Gasteiger partial charge on any atom is 0.303 e. The van der Waals surface area contributed by atoms with Crippen molar-refractivity contribution in [2.24, 2.45) is 0 Å². The van der Waals surface area contributed by atoms with Crippen molar-refractivity contribution in [2.75, 3.05) is 13.2 Å². The van der Waals surface area contributed by atoms with Gasteiger partial charge in [-0.3, -0.25) is 9.59 Å². The number of carboxylic acid groups (broad SMARTS) is 1. The van der Waals surface area contributed by atoms with Crippen LogP contribution in [-0.2, 0) is 29.0 Å². The summed E-state index contributed by atoms with van der Waals surface area (Å²) in [5.74, 6) is -0.246. The van der Waals surface area contributed by atoms with Crippen LogP contribution in [0.2, 0.25) is 0 Å². The summed E-state index contributed by atoms with van der Waals surface area (Å²) in [6.07, 6.45) is 3.40. The first-order valence-corrected chi connectivity index (χ1v) is 13.3. The molecule has 1 aliphatic heterocycles. The van der Waals surface area contributed by atoms with Crippen molar-refractivity contribution in [3.05, 3.63) is 100 Å². The molecule has 4 rings (SSSR count). The number of hydrogen-bond donors (Lipinski definition) is 2. The number of amides is 1. The van der Waals surface area contributed by atoms with Crippen LogP contribution in [0.3, 0.4) is 0 Å². The highest BCUT2D eigenvalue weighted by Crippen LogP contribution is 2.28. The summed E-state index contributed by atoms with van der Waals surface area (Å²) in [6.45, 7) is 5.55. The Bertz CT molecular complexity index is 1250. The van der Waals surface area contributed by atoms with Crippen LogP contribution in [0, 0.1) is 13.8 Å². The van der Waals surface area contributed by atoms with Crippen LogP contribution in [0.15, 0.2) is 66.7 Å². The van der Waals surface area contributed by atoms with Crippen molar-refractivity contribution in [1.29, 1.82) is 0 Å². The van der Waals surface area contributed by atoms with Gasteiger partial charge in [0.15, 0.2) is 0 Å². The van der Waals surface area contributed by atoms with Crippen LogP contribution in [0.1, 0.15) is 63.9 Å². The van der Waals surface area contributed by atoms with Crippen molar-refractivity contribution in [2.45, 2.75) is 64.5 Å². The van der Waals surface area contributed by atoms with E-state index in [1.165, 1.54) is 5.56 Å². The average molecular weight is 516 g/mol. The Morgan fingerprint density at radius 1 is 0.947 bits per heavy atom. The summed E-state index contributed by atoms with van der Waals surface area (Å²) in [7, 11) is 0. The molecular formula is C32H37NO5. The van der Waals surface area contributed by atoms with E-state index in [4.69, 9.17) is 9.47 Å². The largest absolute Gasteiger partial charge is 0.489 e. The van der Waals surface area contributed by atoms with E-state index >= 15 is 0 Å². The van der Waals surface area contributed by atoms with Crippen LogP contribution in [-0.4, -0.2) is 35.7 Å². The Hall–Kier alpha value is -3.64. The molecule has 1 aliphatic rings. The predicted octanol–water partition coefficient (Wildman–Crippen LogP) is 5.81. The van der Waals surface area contributed by atoms with E-state index in [2.05, 4.69) is 17.4 Å². The van der Waals surface area contributed by atoms with Crippen molar-refractivity contribution >= 4 is 11.9 Å². The van der Waals surface area contributed by atoms with Gasteiger partial charge in [0.2, 0.25) is 0 Å². The van der Waals surface area contributed by atoms with Gasteiger partial charge < -0.3 is 19.9 Å². The molecule has 38 heavy (non-hydrogen) atoms. The fourth-order valence-corrected chi connectivity index (χ4v) is 4.94. The van der Waals surface area contributed by atoms with E-state index in [0.717, 1.165) is 53.7 Å². The molecule has 1 saturated heterocycles. The van der Waals surface area contributed by atoms with E-state index in [9.17, 15) is 14.7 Å². The molecule has 0 radical (unpaired) electrons. The number of carbonyl (C=O) groups is 2. The van der Waals surface area contributed by atoms with Crippen LogP contribution in [0.25, 0.3) is 0 Å². The Morgan fingerprint density at radius 2 is 1.71 bits per heavy atom. The first kappa shape index (κ1) is 27.4. The summed E-state index contributed by atoms with van der Waals surface area (Å²) in [5, 5.41) is 12.6. The number of benzene rings is 3. The number of ether oxygens (including phenoxy) is 2. The highest BCUT2D eigenvalue weighted by Gasteiger charge is 2.34. The second-order valence-corrected chi connectivity index (χ2v) is 10.3. The lowest BCUT2D eigenvalue weighted by Gasteiger charge is -2.38. The van der Waals surface area contributed by atoms with E-state index < -0.39 is 5.97 Å². The first-order valence-electron chi connectivity index (χ1n) is 13.3. The molecule has 1 fully saturated rings. The van der Waals surface area contributed by atoms with Gasteiger partial charge in [-0.05, 0) is 85.9 Å². The van der Waals surface area contributed by atoms with Gasteiger partial charge in [0.05, 0.1) is 0 Å². The molecule has 0 aliphatic carbocycles. The Labute approximate surface area is 225 Å². The first-order chi connectivity index (χ1) is 18.3. The molecule has 0 spiro atoms. The smallest absolute Gasteiger partial charge is 0.303 e. The highest BCUT2D eigenvalue weighted by atomic mass is 16.5. The van der Waals surface area contributed by atoms with Crippen LogP contribution < -0.4 is 10.1 Å². The molecular weight excluding hydrogens is 478 g/mol. The molecule has 0 saturated carbocycles. The second-order valence-electron chi connectivity index (χ2n) is 10.3.